The molecule has 0 fully saturated rings. The summed E-state index contributed by atoms with van der Waals surface area (Å²) >= 11 is 12.2. The maximum Gasteiger partial charge on any atom is 0.244 e. The quantitative estimate of drug-likeness (QED) is 0.409. The number of hydrogen-bond donors (Lipinski definition) is 1. The van der Waals surface area contributed by atoms with E-state index in [1.165, 1.54) is 31.3 Å². The van der Waals surface area contributed by atoms with Crippen molar-refractivity contribution >= 4 is 50.7 Å². The molecule has 0 saturated heterocycles. The highest BCUT2D eigenvalue weighted by Gasteiger charge is 2.32. The molecule has 0 radical (unpaired) electrons. The van der Waals surface area contributed by atoms with Crippen molar-refractivity contribution in [3.05, 3.63) is 52.0 Å². The third-order valence-electron chi connectivity index (χ3n) is 5.49. The second-order valence-corrected chi connectivity index (χ2v) is 11.4. The summed E-state index contributed by atoms with van der Waals surface area (Å²) in [5.74, 6) is -0.208. The summed E-state index contributed by atoms with van der Waals surface area (Å²) in [6.07, 6.45) is 1.31. The van der Waals surface area contributed by atoms with Gasteiger partial charge in [-0.25, -0.2) is 8.42 Å². The van der Waals surface area contributed by atoms with Gasteiger partial charge >= 0.3 is 0 Å². The summed E-state index contributed by atoms with van der Waals surface area (Å²) in [4.78, 5) is 28.1. The molecule has 37 heavy (non-hydrogen) atoms. The first-order chi connectivity index (χ1) is 17.3. The van der Waals surface area contributed by atoms with Crippen LogP contribution in [0.4, 0.5) is 5.69 Å². The Morgan fingerprint density at radius 1 is 1.00 bits per heavy atom. The number of anilines is 1. The van der Waals surface area contributed by atoms with Crippen LogP contribution in [0, 0.1) is 0 Å². The number of methoxy groups -OCH3 is 2. The monoisotopic (exact) mass is 573 g/mol. The lowest BCUT2D eigenvalue weighted by atomic mass is 10.1. The molecule has 204 valence electrons. The van der Waals surface area contributed by atoms with Crippen LogP contribution in [0.15, 0.2) is 36.4 Å². The van der Waals surface area contributed by atoms with E-state index in [9.17, 15) is 18.0 Å². The van der Waals surface area contributed by atoms with Crippen LogP contribution >= 0.6 is 23.2 Å². The molecule has 1 atom stereocenters. The minimum Gasteiger partial charge on any atom is -0.493 e. The number of nitrogens with one attached hydrogen (secondary N) is 1. The molecule has 1 N–H and O–H groups in total. The Balaban J connectivity index is 2.51. The molecule has 2 amide bonds. The van der Waals surface area contributed by atoms with Gasteiger partial charge in [0.2, 0.25) is 21.8 Å². The van der Waals surface area contributed by atoms with Crippen molar-refractivity contribution in [1.29, 1.82) is 0 Å². The number of carbonyl (C=O) groups excluding carboxylic acids is 2. The molecule has 0 bridgehead atoms. The SMILES string of the molecule is CCC(C(=O)NC(C)C)N(Cc1ccc(Cl)c(Cl)c1)C(=O)CN(c1ccc(OC)c(OC)c1)S(C)(=O)=O. The summed E-state index contributed by atoms with van der Waals surface area (Å²) in [5.41, 5.74) is 0.846. The molecule has 0 aliphatic heterocycles. The van der Waals surface area contributed by atoms with Gasteiger partial charge in [0.15, 0.2) is 11.5 Å². The van der Waals surface area contributed by atoms with E-state index >= 15 is 0 Å². The molecule has 2 rings (SSSR count). The molecule has 1 unspecified atom stereocenters. The lowest BCUT2D eigenvalue weighted by Gasteiger charge is -2.33. The van der Waals surface area contributed by atoms with Crippen LogP contribution in [-0.4, -0.2) is 64.2 Å². The molecule has 0 aliphatic carbocycles. The van der Waals surface area contributed by atoms with E-state index in [2.05, 4.69) is 5.32 Å². The third kappa shape index (κ3) is 8.15. The summed E-state index contributed by atoms with van der Waals surface area (Å²) in [6.45, 7) is 4.89. The Morgan fingerprint density at radius 3 is 2.16 bits per heavy atom. The van der Waals surface area contributed by atoms with Crippen LogP contribution in [0.1, 0.15) is 32.8 Å². The number of carbonyl (C=O) groups is 2. The van der Waals surface area contributed by atoms with Crippen LogP contribution in [0.2, 0.25) is 10.0 Å². The highest BCUT2D eigenvalue weighted by atomic mass is 35.5. The highest BCUT2D eigenvalue weighted by Crippen LogP contribution is 2.32. The van der Waals surface area contributed by atoms with Crippen molar-refractivity contribution in [3.8, 4) is 11.5 Å². The Labute approximate surface area is 228 Å². The zero-order valence-electron chi connectivity index (χ0n) is 21.7. The number of benzene rings is 2. The second-order valence-electron chi connectivity index (χ2n) is 8.67. The Morgan fingerprint density at radius 2 is 1.65 bits per heavy atom. The van der Waals surface area contributed by atoms with Gasteiger partial charge in [0.05, 0.1) is 36.2 Å². The summed E-state index contributed by atoms with van der Waals surface area (Å²) in [7, 11) is -1.01. The van der Waals surface area contributed by atoms with E-state index in [1.807, 2.05) is 13.8 Å². The lowest BCUT2D eigenvalue weighted by molar-refractivity contribution is -0.140. The van der Waals surface area contributed by atoms with Gasteiger partial charge in [-0.15, -0.1) is 0 Å². The fraction of sp³-hybridized carbons (Fsp3) is 0.440. The molecule has 0 aromatic heterocycles. The Hall–Kier alpha value is -2.69. The molecule has 0 spiro atoms. The van der Waals surface area contributed by atoms with Crippen LogP contribution < -0.4 is 19.1 Å². The zero-order valence-corrected chi connectivity index (χ0v) is 24.1. The smallest absolute Gasteiger partial charge is 0.244 e. The average molecular weight is 575 g/mol. The number of ether oxygens (including phenoxy) is 2. The Kier molecular flexibility index (Phi) is 10.9. The van der Waals surface area contributed by atoms with Gasteiger partial charge in [0.1, 0.15) is 12.6 Å². The van der Waals surface area contributed by atoms with E-state index in [1.54, 1.807) is 31.2 Å². The first-order valence-electron chi connectivity index (χ1n) is 11.6. The molecule has 2 aromatic rings. The molecular formula is C25H33Cl2N3O6S. The fourth-order valence-electron chi connectivity index (χ4n) is 3.73. The normalized spacial score (nSPS) is 12.1. The summed E-state index contributed by atoms with van der Waals surface area (Å²) in [5, 5.41) is 3.49. The van der Waals surface area contributed by atoms with Crippen molar-refractivity contribution in [2.45, 2.75) is 45.8 Å². The van der Waals surface area contributed by atoms with Gasteiger partial charge < -0.3 is 19.7 Å². The molecule has 12 heteroatoms. The van der Waals surface area contributed by atoms with Gasteiger partial charge in [-0.2, -0.15) is 0 Å². The van der Waals surface area contributed by atoms with Crippen molar-refractivity contribution in [1.82, 2.24) is 10.2 Å². The summed E-state index contributed by atoms with van der Waals surface area (Å²) in [6, 6.07) is 8.45. The van der Waals surface area contributed by atoms with Crippen molar-refractivity contribution < 1.29 is 27.5 Å². The predicted molar refractivity (Wildman–Crippen MR) is 146 cm³/mol. The maximum atomic E-state index is 13.7. The van der Waals surface area contributed by atoms with Crippen molar-refractivity contribution in [2.24, 2.45) is 0 Å². The molecular weight excluding hydrogens is 541 g/mol. The van der Waals surface area contributed by atoms with E-state index in [0.717, 1.165) is 10.6 Å². The third-order valence-corrected chi connectivity index (χ3v) is 7.37. The molecule has 0 saturated carbocycles. The van der Waals surface area contributed by atoms with E-state index in [4.69, 9.17) is 32.7 Å². The van der Waals surface area contributed by atoms with Crippen LogP contribution in [-0.2, 0) is 26.2 Å². The number of amides is 2. The minimum atomic E-state index is -3.90. The standard InChI is InChI=1S/C25H33Cl2N3O6S/c1-7-21(25(32)28-16(2)3)29(14-17-8-10-19(26)20(27)12-17)24(31)15-30(37(6,33)34)18-9-11-22(35-4)23(13-18)36-5/h8-13,16,21H,7,14-15H2,1-6H3,(H,28,32). The van der Waals surface area contributed by atoms with Gasteiger partial charge in [-0.1, -0.05) is 36.2 Å². The Bertz CT molecular complexity index is 1220. The highest BCUT2D eigenvalue weighted by molar-refractivity contribution is 7.92. The van der Waals surface area contributed by atoms with Gasteiger partial charge in [-0.05, 0) is 50.1 Å². The van der Waals surface area contributed by atoms with Crippen molar-refractivity contribution in [3.63, 3.8) is 0 Å². The van der Waals surface area contributed by atoms with E-state index in [-0.39, 0.29) is 24.2 Å². The fourth-order valence-corrected chi connectivity index (χ4v) is 4.89. The lowest BCUT2D eigenvalue weighted by Crippen LogP contribution is -2.53. The topological polar surface area (TPSA) is 105 Å². The average Bonchev–Trinajstić information content (AvgIpc) is 2.82. The van der Waals surface area contributed by atoms with Gasteiger partial charge in [-0.3, -0.25) is 13.9 Å². The van der Waals surface area contributed by atoms with E-state index in [0.29, 0.717) is 33.5 Å². The predicted octanol–water partition coefficient (Wildman–Crippen LogP) is 4.11. The van der Waals surface area contributed by atoms with Gasteiger partial charge in [0, 0.05) is 18.7 Å². The number of nitrogens with zero attached hydrogens (tertiary/aromatic N) is 2. The molecule has 0 heterocycles. The van der Waals surface area contributed by atoms with Gasteiger partial charge in [0.25, 0.3) is 0 Å². The second kappa shape index (κ2) is 13.2. The molecule has 9 nitrogen and oxygen atoms in total. The number of rotatable bonds is 12. The molecule has 0 aliphatic rings. The first kappa shape index (κ1) is 30.5. The zero-order chi connectivity index (χ0) is 27.9. The van der Waals surface area contributed by atoms with Crippen LogP contribution in [0.25, 0.3) is 0 Å². The van der Waals surface area contributed by atoms with Crippen LogP contribution in [0.3, 0.4) is 0 Å². The van der Waals surface area contributed by atoms with Crippen molar-refractivity contribution in [2.75, 3.05) is 31.3 Å². The minimum absolute atomic E-state index is 0.0171. The largest absolute Gasteiger partial charge is 0.493 e. The number of halogens is 2. The van der Waals surface area contributed by atoms with Crippen LogP contribution in [0.5, 0.6) is 11.5 Å². The molecule has 2 aromatic carbocycles. The first-order valence-corrected chi connectivity index (χ1v) is 14.2. The summed E-state index contributed by atoms with van der Waals surface area (Å²) < 4.78 is 37.0. The van der Waals surface area contributed by atoms with E-state index < -0.39 is 28.5 Å². The maximum absolute atomic E-state index is 13.7. The number of hydrogen-bond acceptors (Lipinski definition) is 6. The number of sulfonamides is 1.